The number of hydrogen-bond donors (Lipinski definition) is 1. The molecule has 0 saturated carbocycles. The Morgan fingerprint density at radius 3 is 2.59 bits per heavy atom. The first-order valence-corrected chi connectivity index (χ1v) is 9.99. The summed E-state index contributed by atoms with van der Waals surface area (Å²) in [5, 5.41) is 11.2. The molecule has 1 atom stereocenters. The number of aromatic nitrogens is 1. The van der Waals surface area contributed by atoms with Crippen LogP contribution < -0.4 is 9.64 Å². The van der Waals surface area contributed by atoms with E-state index in [9.17, 15) is 9.50 Å². The molecule has 2 aromatic carbocycles. The molecule has 6 heteroatoms. The van der Waals surface area contributed by atoms with Crippen molar-refractivity contribution in [3.8, 4) is 5.75 Å². The van der Waals surface area contributed by atoms with Crippen LogP contribution in [0.2, 0.25) is 0 Å². The highest BCUT2D eigenvalue weighted by Gasteiger charge is 2.22. The van der Waals surface area contributed by atoms with Crippen molar-refractivity contribution in [3.05, 3.63) is 66.1 Å². The highest BCUT2D eigenvalue weighted by molar-refractivity contribution is 5.92. The minimum Gasteiger partial charge on any atom is -0.491 e. The second-order valence-corrected chi connectivity index (χ2v) is 7.48. The van der Waals surface area contributed by atoms with E-state index in [0.717, 1.165) is 48.7 Å². The predicted octanol–water partition coefficient (Wildman–Crippen LogP) is 3.24. The molecule has 152 valence electrons. The molecular formula is C23H26FN3O2. The standard InChI is InChI=1S/C23H26FN3O2/c1-17-14-22(20-8-5-9-21(24)23(20)25-17)27-12-10-26(11-13-27)15-18(28)16-29-19-6-3-2-4-7-19/h2-9,14,18,28H,10-13,15-16H2,1H3. The van der Waals surface area contributed by atoms with E-state index in [2.05, 4.69) is 14.8 Å². The van der Waals surface area contributed by atoms with E-state index >= 15 is 0 Å². The van der Waals surface area contributed by atoms with E-state index in [-0.39, 0.29) is 12.4 Å². The first-order chi connectivity index (χ1) is 14.1. The van der Waals surface area contributed by atoms with Gasteiger partial charge in [-0.1, -0.05) is 30.3 Å². The van der Waals surface area contributed by atoms with Crippen LogP contribution in [-0.2, 0) is 0 Å². The van der Waals surface area contributed by atoms with Crippen molar-refractivity contribution in [2.45, 2.75) is 13.0 Å². The SMILES string of the molecule is Cc1cc(N2CCN(CC(O)COc3ccccc3)CC2)c2cccc(F)c2n1. The van der Waals surface area contributed by atoms with Gasteiger partial charge in [0.1, 0.15) is 29.8 Å². The fraction of sp³-hybridized carbons (Fsp3) is 0.348. The van der Waals surface area contributed by atoms with Crippen molar-refractivity contribution in [1.82, 2.24) is 9.88 Å². The van der Waals surface area contributed by atoms with Gasteiger partial charge in [0.15, 0.2) is 0 Å². The van der Waals surface area contributed by atoms with E-state index in [1.54, 1.807) is 6.07 Å². The molecule has 1 saturated heterocycles. The number of rotatable bonds is 6. The normalized spacial score (nSPS) is 16.2. The smallest absolute Gasteiger partial charge is 0.149 e. The largest absolute Gasteiger partial charge is 0.491 e. The fourth-order valence-corrected chi connectivity index (χ4v) is 3.81. The summed E-state index contributed by atoms with van der Waals surface area (Å²) in [7, 11) is 0. The lowest BCUT2D eigenvalue weighted by Gasteiger charge is -2.37. The second-order valence-electron chi connectivity index (χ2n) is 7.48. The number of pyridine rings is 1. The maximum absolute atomic E-state index is 14.2. The van der Waals surface area contributed by atoms with Crippen LogP contribution in [0.25, 0.3) is 10.9 Å². The Morgan fingerprint density at radius 1 is 1.07 bits per heavy atom. The summed E-state index contributed by atoms with van der Waals surface area (Å²) in [6, 6.07) is 16.7. The van der Waals surface area contributed by atoms with Crippen molar-refractivity contribution in [2.24, 2.45) is 0 Å². The zero-order valence-electron chi connectivity index (χ0n) is 16.6. The van der Waals surface area contributed by atoms with E-state index in [1.165, 1.54) is 6.07 Å². The van der Waals surface area contributed by atoms with E-state index in [1.807, 2.05) is 49.4 Å². The lowest BCUT2D eigenvalue weighted by Crippen LogP contribution is -2.49. The quantitative estimate of drug-likeness (QED) is 0.694. The molecule has 0 amide bonds. The molecule has 0 spiro atoms. The predicted molar refractivity (Wildman–Crippen MR) is 113 cm³/mol. The van der Waals surface area contributed by atoms with Crippen LogP contribution >= 0.6 is 0 Å². The Morgan fingerprint density at radius 2 is 1.83 bits per heavy atom. The van der Waals surface area contributed by atoms with Gasteiger partial charge in [0.25, 0.3) is 0 Å². The number of β-amino-alcohol motifs (C(OH)–C–C–N with tert-alkyl or cyclic N) is 1. The van der Waals surface area contributed by atoms with Gasteiger partial charge in [-0.25, -0.2) is 9.37 Å². The average molecular weight is 395 g/mol. The van der Waals surface area contributed by atoms with Gasteiger partial charge in [-0.3, -0.25) is 4.90 Å². The Hall–Kier alpha value is -2.70. The van der Waals surface area contributed by atoms with Crippen LogP contribution in [-0.4, -0.2) is 60.4 Å². The van der Waals surface area contributed by atoms with Crippen molar-refractivity contribution in [2.75, 3.05) is 44.2 Å². The number of aliphatic hydroxyl groups excluding tert-OH is 1. The third-order valence-corrected chi connectivity index (χ3v) is 5.26. The van der Waals surface area contributed by atoms with Crippen LogP contribution in [0.15, 0.2) is 54.6 Å². The molecular weight excluding hydrogens is 369 g/mol. The molecule has 1 fully saturated rings. The summed E-state index contributed by atoms with van der Waals surface area (Å²) in [4.78, 5) is 8.89. The number of hydrogen-bond acceptors (Lipinski definition) is 5. The second kappa shape index (κ2) is 8.76. The summed E-state index contributed by atoms with van der Waals surface area (Å²) in [6.07, 6.45) is -0.542. The summed E-state index contributed by atoms with van der Waals surface area (Å²) in [5.74, 6) is 0.483. The van der Waals surface area contributed by atoms with Crippen molar-refractivity contribution >= 4 is 16.6 Å². The number of aryl methyl sites for hydroxylation is 1. The lowest BCUT2D eigenvalue weighted by molar-refractivity contribution is 0.0663. The highest BCUT2D eigenvalue weighted by atomic mass is 19.1. The summed E-state index contributed by atoms with van der Waals surface area (Å²) < 4.78 is 19.8. The molecule has 5 nitrogen and oxygen atoms in total. The number of nitrogens with zero attached hydrogens (tertiary/aromatic N) is 3. The monoisotopic (exact) mass is 395 g/mol. The first kappa shape index (κ1) is 19.6. The number of halogens is 1. The number of para-hydroxylation sites is 2. The Bertz CT molecular complexity index is 959. The summed E-state index contributed by atoms with van der Waals surface area (Å²) in [6.45, 7) is 6.06. The molecule has 1 unspecified atom stereocenters. The molecule has 1 N–H and O–H groups in total. The van der Waals surface area contributed by atoms with Gasteiger partial charge >= 0.3 is 0 Å². The first-order valence-electron chi connectivity index (χ1n) is 9.99. The molecule has 1 aromatic heterocycles. The summed E-state index contributed by atoms with van der Waals surface area (Å²) >= 11 is 0. The van der Waals surface area contributed by atoms with Crippen LogP contribution in [0, 0.1) is 12.7 Å². The number of ether oxygens (including phenoxy) is 1. The maximum Gasteiger partial charge on any atom is 0.149 e. The molecule has 0 radical (unpaired) electrons. The Kier molecular flexibility index (Phi) is 5.92. The molecule has 2 heterocycles. The molecule has 3 aromatic rings. The average Bonchev–Trinajstić information content (AvgIpc) is 2.74. The summed E-state index contributed by atoms with van der Waals surface area (Å²) in [5.41, 5.74) is 2.27. The van der Waals surface area contributed by atoms with E-state index < -0.39 is 6.10 Å². The van der Waals surface area contributed by atoms with Crippen molar-refractivity contribution in [1.29, 1.82) is 0 Å². The molecule has 4 rings (SSSR count). The fourth-order valence-electron chi connectivity index (χ4n) is 3.81. The highest BCUT2D eigenvalue weighted by Crippen LogP contribution is 2.29. The minimum atomic E-state index is -0.542. The minimum absolute atomic E-state index is 0.275. The van der Waals surface area contributed by atoms with Gasteiger partial charge in [0.05, 0.1) is 0 Å². The van der Waals surface area contributed by atoms with Crippen LogP contribution in [0.3, 0.4) is 0 Å². The molecule has 0 aliphatic carbocycles. The number of aliphatic hydroxyl groups is 1. The topological polar surface area (TPSA) is 48.8 Å². The Balaban J connectivity index is 1.35. The van der Waals surface area contributed by atoms with Crippen LogP contribution in [0.4, 0.5) is 10.1 Å². The number of anilines is 1. The zero-order chi connectivity index (χ0) is 20.2. The zero-order valence-corrected chi connectivity index (χ0v) is 16.6. The third-order valence-electron chi connectivity index (χ3n) is 5.26. The number of piperazine rings is 1. The molecule has 29 heavy (non-hydrogen) atoms. The van der Waals surface area contributed by atoms with Crippen LogP contribution in [0.1, 0.15) is 5.69 Å². The molecule has 1 aliphatic heterocycles. The molecule has 0 bridgehead atoms. The van der Waals surface area contributed by atoms with Gasteiger partial charge in [-0.05, 0) is 31.2 Å². The lowest BCUT2D eigenvalue weighted by atomic mass is 10.1. The van der Waals surface area contributed by atoms with E-state index in [4.69, 9.17) is 4.74 Å². The van der Waals surface area contributed by atoms with E-state index in [0.29, 0.717) is 12.1 Å². The number of benzene rings is 2. The molecule has 1 aliphatic rings. The van der Waals surface area contributed by atoms with Gasteiger partial charge in [0, 0.05) is 49.5 Å². The van der Waals surface area contributed by atoms with Crippen LogP contribution in [0.5, 0.6) is 5.75 Å². The third kappa shape index (κ3) is 4.66. The van der Waals surface area contributed by atoms with Gasteiger partial charge in [-0.15, -0.1) is 0 Å². The maximum atomic E-state index is 14.2. The van der Waals surface area contributed by atoms with Gasteiger partial charge in [-0.2, -0.15) is 0 Å². The Labute approximate surface area is 170 Å². The van der Waals surface area contributed by atoms with Crippen molar-refractivity contribution in [3.63, 3.8) is 0 Å². The number of fused-ring (bicyclic) bond motifs is 1. The van der Waals surface area contributed by atoms with Crippen molar-refractivity contribution < 1.29 is 14.2 Å². The van der Waals surface area contributed by atoms with Gasteiger partial charge in [0.2, 0.25) is 0 Å². The van der Waals surface area contributed by atoms with Gasteiger partial charge < -0.3 is 14.7 Å².